The van der Waals surface area contributed by atoms with E-state index in [1.165, 1.54) is 11.1 Å². The van der Waals surface area contributed by atoms with Crippen LogP contribution in [0.5, 0.6) is 0 Å². The van der Waals surface area contributed by atoms with Gasteiger partial charge in [-0.15, -0.1) is 0 Å². The van der Waals surface area contributed by atoms with Gasteiger partial charge in [0.2, 0.25) is 0 Å². The molecule has 3 aromatic rings. The number of nitrogens with zero attached hydrogens (tertiary/aromatic N) is 2. The maximum absolute atomic E-state index is 6.09. The van der Waals surface area contributed by atoms with Crippen LogP contribution in [0.15, 0.2) is 36.4 Å². The number of nitrogen functional groups attached to an aromatic ring is 1. The van der Waals surface area contributed by atoms with Crippen molar-refractivity contribution < 1.29 is 0 Å². The molecule has 0 unspecified atom stereocenters. The standard InChI is InChI=1S/C18H21N3/c1-11(2)21-16-7-5-6-15(19)17(16)20-18(21)14-9-8-12(3)13(4)10-14/h5-11H,19H2,1-4H3. The van der Waals surface area contributed by atoms with Gasteiger partial charge in [0.25, 0.3) is 0 Å². The number of imidazole rings is 1. The molecule has 0 radical (unpaired) electrons. The Morgan fingerprint density at radius 2 is 1.81 bits per heavy atom. The molecule has 0 bridgehead atoms. The summed E-state index contributed by atoms with van der Waals surface area (Å²) in [6.45, 7) is 8.61. The first-order chi connectivity index (χ1) is 9.99. The SMILES string of the molecule is Cc1ccc(-c2nc3c(N)cccc3n2C(C)C)cc1C. The van der Waals surface area contributed by atoms with E-state index in [1.807, 2.05) is 12.1 Å². The van der Waals surface area contributed by atoms with Gasteiger partial charge in [-0.3, -0.25) is 0 Å². The van der Waals surface area contributed by atoms with Crippen molar-refractivity contribution in [1.82, 2.24) is 9.55 Å². The first-order valence-electron chi connectivity index (χ1n) is 7.33. The van der Waals surface area contributed by atoms with E-state index in [0.717, 1.165) is 28.1 Å². The lowest BCUT2D eigenvalue weighted by molar-refractivity contribution is 0.624. The number of para-hydroxylation sites is 1. The number of hydrogen-bond acceptors (Lipinski definition) is 2. The molecule has 3 nitrogen and oxygen atoms in total. The summed E-state index contributed by atoms with van der Waals surface area (Å²) >= 11 is 0. The van der Waals surface area contributed by atoms with Crippen LogP contribution in [0.2, 0.25) is 0 Å². The molecule has 0 spiro atoms. The van der Waals surface area contributed by atoms with Crippen molar-refractivity contribution in [3.8, 4) is 11.4 Å². The van der Waals surface area contributed by atoms with Crippen molar-refractivity contribution in [2.24, 2.45) is 0 Å². The lowest BCUT2D eigenvalue weighted by atomic mass is 10.1. The van der Waals surface area contributed by atoms with Gasteiger partial charge in [-0.25, -0.2) is 4.98 Å². The normalized spacial score (nSPS) is 11.5. The molecule has 0 amide bonds. The van der Waals surface area contributed by atoms with Crippen LogP contribution in [0.1, 0.15) is 31.0 Å². The molecule has 0 aliphatic carbocycles. The van der Waals surface area contributed by atoms with Crippen LogP contribution >= 0.6 is 0 Å². The van der Waals surface area contributed by atoms with Crippen molar-refractivity contribution in [3.63, 3.8) is 0 Å². The van der Waals surface area contributed by atoms with Gasteiger partial charge in [-0.2, -0.15) is 0 Å². The van der Waals surface area contributed by atoms with Gasteiger partial charge in [0, 0.05) is 11.6 Å². The minimum atomic E-state index is 0.327. The maximum atomic E-state index is 6.09. The second kappa shape index (κ2) is 4.92. The topological polar surface area (TPSA) is 43.8 Å². The third kappa shape index (κ3) is 2.19. The molecular formula is C18H21N3. The summed E-state index contributed by atoms with van der Waals surface area (Å²) < 4.78 is 2.26. The molecule has 3 heteroatoms. The van der Waals surface area contributed by atoms with Gasteiger partial charge in [-0.1, -0.05) is 18.2 Å². The Labute approximate surface area is 125 Å². The predicted molar refractivity (Wildman–Crippen MR) is 89.4 cm³/mol. The van der Waals surface area contributed by atoms with Gasteiger partial charge in [0.15, 0.2) is 0 Å². The Morgan fingerprint density at radius 3 is 2.48 bits per heavy atom. The highest BCUT2D eigenvalue weighted by Crippen LogP contribution is 2.31. The van der Waals surface area contributed by atoms with E-state index in [-0.39, 0.29) is 0 Å². The zero-order chi connectivity index (χ0) is 15.1. The molecule has 0 saturated heterocycles. The molecule has 3 rings (SSSR count). The van der Waals surface area contributed by atoms with E-state index < -0.39 is 0 Å². The third-order valence-electron chi connectivity index (χ3n) is 4.03. The van der Waals surface area contributed by atoms with Crippen LogP contribution < -0.4 is 5.73 Å². The predicted octanol–water partition coefficient (Wildman–Crippen LogP) is 4.48. The Morgan fingerprint density at radius 1 is 1.05 bits per heavy atom. The molecule has 2 N–H and O–H groups in total. The largest absolute Gasteiger partial charge is 0.397 e. The monoisotopic (exact) mass is 279 g/mol. The molecule has 0 fully saturated rings. The molecule has 108 valence electrons. The minimum absolute atomic E-state index is 0.327. The summed E-state index contributed by atoms with van der Waals surface area (Å²) in [7, 11) is 0. The fourth-order valence-electron chi connectivity index (χ4n) is 2.75. The van der Waals surface area contributed by atoms with Crippen LogP contribution in [0.4, 0.5) is 5.69 Å². The van der Waals surface area contributed by atoms with Gasteiger partial charge in [0.1, 0.15) is 11.3 Å². The van der Waals surface area contributed by atoms with Crippen LogP contribution in [0.25, 0.3) is 22.4 Å². The zero-order valence-corrected chi connectivity index (χ0v) is 13.0. The van der Waals surface area contributed by atoms with Crippen LogP contribution in [-0.4, -0.2) is 9.55 Å². The van der Waals surface area contributed by atoms with Crippen LogP contribution in [-0.2, 0) is 0 Å². The van der Waals surface area contributed by atoms with Gasteiger partial charge >= 0.3 is 0 Å². The van der Waals surface area contributed by atoms with E-state index in [0.29, 0.717) is 6.04 Å². The molecule has 0 atom stereocenters. The number of benzene rings is 2. The number of aryl methyl sites for hydroxylation is 2. The summed E-state index contributed by atoms with van der Waals surface area (Å²) in [5.41, 5.74) is 12.5. The van der Waals surface area contributed by atoms with Crippen molar-refractivity contribution in [1.29, 1.82) is 0 Å². The van der Waals surface area contributed by atoms with E-state index in [2.05, 4.69) is 56.5 Å². The van der Waals surface area contributed by atoms with Crippen LogP contribution in [0.3, 0.4) is 0 Å². The molecule has 0 aliphatic heterocycles. The molecule has 21 heavy (non-hydrogen) atoms. The first-order valence-corrected chi connectivity index (χ1v) is 7.33. The number of nitrogens with two attached hydrogens (primary N) is 1. The maximum Gasteiger partial charge on any atom is 0.141 e. The fourth-order valence-corrected chi connectivity index (χ4v) is 2.75. The van der Waals surface area contributed by atoms with Gasteiger partial charge in [0.05, 0.1) is 11.2 Å². The summed E-state index contributed by atoms with van der Waals surface area (Å²) in [6.07, 6.45) is 0. The summed E-state index contributed by atoms with van der Waals surface area (Å²) in [6, 6.07) is 12.8. The second-order valence-corrected chi connectivity index (χ2v) is 5.91. The molecular weight excluding hydrogens is 258 g/mol. The van der Waals surface area contributed by atoms with Crippen LogP contribution in [0, 0.1) is 13.8 Å². The smallest absolute Gasteiger partial charge is 0.141 e. The van der Waals surface area contributed by atoms with E-state index in [1.54, 1.807) is 0 Å². The first kappa shape index (κ1) is 13.7. The highest BCUT2D eigenvalue weighted by atomic mass is 15.1. The highest BCUT2D eigenvalue weighted by Gasteiger charge is 2.16. The Balaban J connectivity index is 2.33. The number of rotatable bonds is 2. The van der Waals surface area contributed by atoms with E-state index >= 15 is 0 Å². The Hall–Kier alpha value is -2.29. The van der Waals surface area contributed by atoms with E-state index in [4.69, 9.17) is 10.7 Å². The molecule has 1 heterocycles. The zero-order valence-electron chi connectivity index (χ0n) is 13.0. The molecule has 0 aliphatic rings. The third-order valence-corrected chi connectivity index (χ3v) is 4.03. The van der Waals surface area contributed by atoms with Crippen molar-refractivity contribution in [2.75, 3.05) is 5.73 Å². The van der Waals surface area contributed by atoms with Crippen molar-refractivity contribution >= 4 is 16.7 Å². The Bertz CT molecular complexity index is 813. The molecule has 0 saturated carbocycles. The van der Waals surface area contributed by atoms with Gasteiger partial charge in [-0.05, 0) is 57.0 Å². The lowest BCUT2D eigenvalue weighted by Crippen LogP contribution is -2.03. The minimum Gasteiger partial charge on any atom is -0.397 e. The molecule has 2 aromatic carbocycles. The lowest BCUT2D eigenvalue weighted by Gasteiger charge is -2.14. The van der Waals surface area contributed by atoms with E-state index in [9.17, 15) is 0 Å². The van der Waals surface area contributed by atoms with Gasteiger partial charge < -0.3 is 10.3 Å². The average molecular weight is 279 g/mol. The van der Waals surface area contributed by atoms with Crippen molar-refractivity contribution in [2.45, 2.75) is 33.7 Å². The number of anilines is 1. The average Bonchev–Trinajstić information content (AvgIpc) is 2.83. The number of aromatic nitrogens is 2. The second-order valence-electron chi connectivity index (χ2n) is 5.91. The van der Waals surface area contributed by atoms with Crippen molar-refractivity contribution in [3.05, 3.63) is 47.5 Å². The summed E-state index contributed by atoms with van der Waals surface area (Å²) in [4.78, 5) is 4.81. The summed E-state index contributed by atoms with van der Waals surface area (Å²) in [5.74, 6) is 0.987. The number of fused-ring (bicyclic) bond motifs is 1. The highest BCUT2D eigenvalue weighted by molar-refractivity contribution is 5.90. The quantitative estimate of drug-likeness (QED) is 0.703. The summed E-state index contributed by atoms with van der Waals surface area (Å²) in [5, 5.41) is 0. The fraction of sp³-hybridized carbons (Fsp3) is 0.278. The number of hydrogen-bond donors (Lipinski definition) is 1. The molecule has 1 aromatic heterocycles. The Kier molecular flexibility index (Phi) is 3.20.